The van der Waals surface area contributed by atoms with E-state index in [1.54, 1.807) is 11.3 Å². The van der Waals surface area contributed by atoms with E-state index in [2.05, 4.69) is 39.9 Å². The third-order valence-electron chi connectivity index (χ3n) is 4.36. The molecule has 0 amide bonds. The first-order valence-corrected chi connectivity index (χ1v) is 9.70. The summed E-state index contributed by atoms with van der Waals surface area (Å²) in [6.07, 6.45) is 6.42. The van der Waals surface area contributed by atoms with Gasteiger partial charge in [-0.3, -0.25) is 4.99 Å². The number of nitrogens with one attached hydrogen (secondary N) is 2. The van der Waals surface area contributed by atoms with Crippen LogP contribution in [-0.4, -0.2) is 55.1 Å². The number of hydrogen-bond donors (Lipinski definition) is 2. The Morgan fingerprint density at radius 2 is 2.17 bits per heavy atom. The Balaban J connectivity index is 1.70. The first-order valence-electron chi connectivity index (χ1n) is 8.82. The molecule has 1 heterocycles. The van der Waals surface area contributed by atoms with Crippen LogP contribution in [0.3, 0.4) is 0 Å². The highest BCUT2D eigenvalue weighted by Crippen LogP contribution is 2.21. The normalized spacial score (nSPS) is 16.3. The number of likely N-dealkylation sites (N-methyl/N-ethyl adjacent to an activating group) is 1. The molecule has 1 aliphatic carbocycles. The summed E-state index contributed by atoms with van der Waals surface area (Å²) in [5.41, 5.74) is 1.16. The lowest BCUT2D eigenvalue weighted by molar-refractivity contribution is 0.252. The van der Waals surface area contributed by atoms with E-state index in [0.717, 1.165) is 55.3 Å². The molecule has 0 saturated heterocycles. The molecule has 23 heavy (non-hydrogen) atoms. The van der Waals surface area contributed by atoms with Gasteiger partial charge >= 0.3 is 0 Å². The summed E-state index contributed by atoms with van der Waals surface area (Å²) in [5, 5.41) is 10.00. The van der Waals surface area contributed by atoms with Gasteiger partial charge in [-0.2, -0.15) is 0 Å². The fourth-order valence-electron chi connectivity index (χ4n) is 3.02. The molecule has 6 heteroatoms. The van der Waals surface area contributed by atoms with Gasteiger partial charge in [-0.05, 0) is 33.7 Å². The van der Waals surface area contributed by atoms with Crippen molar-refractivity contribution in [1.82, 2.24) is 20.5 Å². The van der Waals surface area contributed by atoms with E-state index in [4.69, 9.17) is 4.99 Å². The molecule has 0 bridgehead atoms. The maximum Gasteiger partial charge on any atom is 0.191 e. The highest BCUT2D eigenvalue weighted by atomic mass is 32.1. The largest absolute Gasteiger partial charge is 0.357 e. The first-order chi connectivity index (χ1) is 11.2. The highest BCUT2D eigenvalue weighted by molar-refractivity contribution is 7.09. The minimum absolute atomic E-state index is 0.772. The van der Waals surface area contributed by atoms with Gasteiger partial charge in [0.15, 0.2) is 5.96 Å². The molecule has 0 aliphatic heterocycles. The van der Waals surface area contributed by atoms with Crippen LogP contribution in [0.2, 0.25) is 0 Å². The summed E-state index contributed by atoms with van der Waals surface area (Å²) in [5.74, 6) is 0.916. The van der Waals surface area contributed by atoms with Crippen LogP contribution in [0, 0.1) is 6.92 Å². The molecule has 0 aromatic carbocycles. The van der Waals surface area contributed by atoms with Crippen molar-refractivity contribution < 1.29 is 0 Å². The van der Waals surface area contributed by atoms with Crippen molar-refractivity contribution >= 4 is 17.3 Å². The summed E-state index contributed by atoms with van der Waals surface area (Å²) in [4.78, 5) is 11.7. The van der Waals surface area contributed by atoms with Gasteiger partial charge in [0.1, 0.15) is 0 Å². The minimum Gasteiger partial charge on any atom is -0.357 e. The third kappa shape index (κ3) is 6.47. The number of aromatic nitrogens is 1. The Kier molecular flexibility index (Phi) is 7.82. The predicted molar refractivity (Wildman–Crippen MR) is 99.4 cm³/mol. The van der Waals surface area contributed by atoms with Crippen LogP contribution in [0.1, 0.15) is 43.3 Å². The van der Waals surface area contributed by atoms with E-state index >= 15 is 0 Å². The SMILES string of the molecule is CCNC(=NCCN(C)C1CCCC1)NCCc1csc(C)n1. The zero-order chi connectivity index (χ0) is 16.5. The van der Waals surface area contributed by atoms with Crippen LogP contribution >= 0.6 is 11.3 Å². The van der Waals surface area contributed by atoms with Gasteiger partial charge in [0.25, 0.3) is 0 Å². The topological polar surface area (TPSA) is 52.6 Å². The van der Waals surface area contributed by atoms with E-state index in [-0.39, 0.29) is 0 Å². The first kappa shape index (κ1) is 18.2. The Hall–Kier alpha value is -1.14. The Labute approximate surface area is 144 Å². The van der Waals surface area contributed by atoms with Gasteiger partial charge in [0.05, 0.1) is 17.2 Å². The van der Waals surface area contributed by atoms with Gasteiger partial charge in [0, 0.05) is 37.5 Å². The van der Waals surface area contributed by atoms with Crippen LogP contribution < -0.4 is 10.6 Å². The van der Waals surface area contributed by atoms with Crippen molar-refractivity contribution in [3.05, 3.63) is 16.1 Å². The number of nitrogens with zero attached hydrogens (tertiary/aromatic N) is 3. The van der Waals surface area contributed by atoms with E-state index < -0.39 is 0 Å². The average molecular weight is 338 g/mol. The molecule has 130 valence electrons. The number of hydrogen-bond acceptors (Lipinski definition) is 4. The molecule has 1 aliphatic rings. The van der Waals surface area contributed by atoms with Crippen molar-refractivity contribution in [2.45, 2.75) is 52.0 Å². The summed E-state index contributed by atoms with van der Waals surface area (Å²) in [6.45, 7) is 7.79. The molecule has 0 atom stereocenters. The zero-order valence-corrected chi connectivity index (χ0v) is 15.6. The van der Waals surface area contributed by atoms with Crippen LogP contribution in [0.4, 0.5) is 0 Å². The van der Waals surface area contributed by atoms with E-state index in [9.17, 15) is 0 Å². The van der Waals surface area contributed by atoms with Gasteiger partial charge in [-0.1, -0.05) is 12.8 Å². The van der Waals surface area contributed by atoms with Gasteiger partial charge in [-0.15, -0.1) is 11.3 Å². The number of aliphatic imine (C=N–C) groups is 1. The summed E-state index contributed by atoms with van der Waals surface area (Å²) < 4.78 is 0. The highest BCUT2D eigenvalue weighted by Gasteiger charge is 2.18. The van der Waals surface area contributed by atoms with Crippen molar-refractivity contribution in [3.8, 4) is 0 Å². The van der Waals surface area contributed by atoms with Crippen LogP contribution in [0.5, 0.6) is 0 Å². The van der Waals surface area contributed by atoms with Gasteiger partial charge in [-0.25, -0.2) is 4.98 Å². The molecule has 1 saturated carbocycles. The molecular formula is C17H31N5S. The monoisotopic (exact) mass is 337 g/mol. The smallest absolute Gasteiger partial charge is 0.191 e. The maximum absolute atomic E-state index is 4.70. The quantitative estimate of drug-likeness (QED) is 0.565. The molecule has 0 spiro atoms. The fourth-order valence-corrected chi connectivity index (χ4v) is 3.67. The molecule has 5 nitrogen and oxygen atoms in total. The number of thiazole rings is 1. The number of rotatable bonds is 8. The Morgan fingerprint density at radius 3 is 2.83 bits per heavy atom. The predicted octanol–water partition coefficient (Wildman–Crippen LogP) is 2.42. The van der Waals surface area contributed by atoms with Crippen molar-refractivity contribution in [2.24, 2.45) is 4.99 Å². The molecular weight excluding hydrogens is 306 g/mol. The van der Waals surface area contributed by atoms with Crippen molar-refractivity contribution in [1.29, 1.82) is 0 Å². The molecule has 0 radical (unpaired) electrons. The molecule has 0 unspecified atom stereocenters. The molecule has 1 aromatic heterocycles. The van der Waals surface area contributed by atoms with Crippen LogP contribution in [0.15, 0.2) is 10.4 Å². The lowest BCUT2D eigenvalue weighted by Gasteiger charge is -2.23. The Morgan fingerprint density at radius 1 is 1.39 bits per heavy atom. The second kappa shape index (κ2) is 9.88. The van der Waals surface area contributed by atoms with Gasteiger partial charge < -0.3 is 15.5 Å². The molecule has 2 rings (SSSR count). The lowest BCUT2D eigenvalue weighted by atomic mass is 10.2. The van der Waals surface area contributed by atoms with E-state index in [1.807, 2.05) is 6.92 Å². The second-order valence-electron chi connectivity index (χ2n) is 6.21. The summed E-state index contributed by atoms with van der Waals surface area (Å²) in [7, 11) is 2.23. The van der Waals surface area contributed by atoms with Crippen molar-refractivity contribution in [2.75, 3.05) is 33.2 Å². The van der Waals surface area contributed by atoms with Crippen LogP contribution in [-0.2, 0) is 6.42 Å². The van der Waals surface area contributed by atoms with E-state index in [1.165, 1.54) is 25.7 Å². The maximum atomic E-state index is 4.70. The number of guanidine groups is 1. The average Bonchev–Trinajstić information content (AvgIpc) is 3.19. The molecule has 2 N–H and O–H groups in total. The molecule has 1 aromatic rings. The van der Waals surface area contributed by atoms with E-state index in [0.29, 0.717) is 0 Å². The standard InChI is InChI=1S/C17H31N5S/c1-4-18-17(19-10-9-15-13-23-14(2)21-15)20-11-12-22(3)16-7-5-6-8-16/h13,16H,4-12H2,1-3H3,(H2,18,19,20). The summed E-state index contributed by atoms with van der Waals surface area (Å²) in [6, 6.07) is 0.772. The van der Waals surface area contributed by atoms with Crippen molar-refractivity contribution in [3.63, 3.8) is 0 Å². The van der Waals surface area contributed by atoms with Gasteiger partial charge in [0.2, 0.25) is 0 Å². The number of aryl methyl sites for hydroxylation is 1. The molecule has 1 fully saturated rings. The lowest BCUT2D eigenvalue weighted by Crippen LogP contribution is -2.39. The fraction of sp³-hybridized carbons (Fsp3) is 0.765. The third-order valence-corrected chi connectivity index (χ3v) is 5.18. The zero-order valence-electron chi connectivity index (χ0n) is 14.8. The Bertz CT molecular complexity index is 479. The second-order valence-corrected chi connectivity index (χ2v) is 7.28. The summed E-state index contributed by atoms with van der Waals surface area (Å²) >= 11 is 1.71. The minimum atomic E-state index is 0.772. The van der Waals surface area contributed by atoms with Crippen LogP contribution in [0.25, 0.3) is 0 Å².